The van der Waals surface area contributed by atoms with Crippen molar-refractivity contribution >= 4 is 28.3 Å². The number of rotatable bonds is 7. The molecular formula is C24H28N4O3. The molecule has 1 saturated heterocycles. The summed E-state index contributed by atoms with van der Waals surface area (Å²) in [5.74, 6) is -0.181. The molecule has 0 atom stereocenters. The van der Waals surface area contributed by atoms with E-state index in [9.17, 15) is 9.59 Å². The van der Waals surface area contributed by atoms with Crippen LogP contribution >= 0.6 is 0 Å². The molecule has 0 saturated carbocycles. The highest BCUT2D eigenvalue weighted by molar-refractivity contribution is 6.45. The maximum atomic E-state index is 12.7. The molecule has 7 nitrogen and oxygen atoms in total. The van der Waals surface area contributed by atoms with Crippen LogP contribution in [-0.4, -0.2) is 68.0 Å². The average molecular weight is 421 g/mol. The highest BCUT2D eigenvalue weighted by Crippen LogP contribution is 2.22. The number of amides is 1. The van der Waals surface area contributed by atoms with Gasteiger partial charge in [-0.05, 0) is 37.3 Å². The van der Waals surface area contributed by atoms with Crippen LogP contribution in [0.15, 0.2) is 48.5 Å². The number of para-hydroxylation sites is 1. The van der Waals surface area contributed by atoms with Gasteiger partial charge in [0.15, 0.2) is 0 Å². The molecule has 0 unspecified atom stereocenters. The number of hydrogen-bond donors (Lipinski definition) is 2. The van der Waals surface area contributed by atoms with E-state index in [-0.39, 0.29) is 0 Å². The summed E-state index contributed by atoms with van der Waals surface area (Å²) in [5.41, 5.74) is 3.23. The highest BCUT2D eigenvalue weighted by Gasteiger charge is 2.23. The minimum absolute atomic E-state index is 0.453. The summed E-state index contributed by atoms with van der Waals surface area (Å²) in [6.07, 6.45) is 0. The Morgan fingerprint density at radius 2 is 1.74 bits per heavy atom. The van der Waals surface area contributed by atoms with E-state index in [0.29, 0.717) is 12.1 Å². The minimum atomic E-state index is -0.551. The fourth-order valence-corrected chi connectivity index (χ4v) is 4.11. The number of H-pyrrole nitrogens is 1. The topological polar surface area (TPSA) is 77.7 Å². The van der Waals surface area contributed by atoms with Crippen LogP contribution in [0.3, 0.4) is 0 Å². The second-order valence-electron chi connectivity index (χ2n) is 7.78. The number of nitrogens with zero attached hydrogens (tertiary/aromatic N) is 2. The largest absolute Gasteiger partial charge is 0.497 e. The first-order valence-corrected chi connectivity index (χ1v) is 10.6. The standard InChI is InChI=1S/C24H28N4O3/c1-17-22(20-5-3-4-6-21(20)26-17)23(29)24(30)25-11-12-27-13-15-28(16-14-27)18-7-9-19(31-2)10-8-18/h3-10,26H,11-16H2,1-2H3,(H,25,30). The quantitative estimate of drug-likeness (QED) is 0.454. The maximum absolute atomic E-state index is 12.7. The third kappa shape index (κ3) is 4.56. The summed E-state index contributed by atoms with van der Waals surface area (Å²) >= 11 is 0. The molecule has 1 amide bonds. The van der Waals surface area contributed by atoms with Gasteiger partial charge in [-0.2, -0.15) is 0 Å². The van der Waals surface area contributed by atoms with Crippen LogP contribution < -0.4 is 15.0 Å². The molecule has 0 aliphatic carbocycles. The Labute approximate surface area is 182 Å². The predicted molar refractivity (Wildman–Crippen MR) is 122 cm³/mol. The zero-order valence-corrected chi connectivity index (χ0v) is 18.0. The minimum Gasteiger partial charge on any atom is -0.497 e. The number of aromatic amines is 1. The van der Waals surface area contributed by atoms with Crippen LogP contribution in [0.2, 0.25) is 0 Å². The molecule has 0 spiro atoms. The Morgan fingerprint density at radius 3 is 2.45 bits per heavy atom. The number of nitrogens with one attached hydrogen (secondary N) is 2. The van der Waals surface area contributed by atoms with Crippen LogP contribution in [0.5, 0.6) is 5.75 Å². The first-order valence-electron chi connectivity index (χ1n) is 10.6. The van der Waals surface area contributed by atoms with Crippen molar-refractivity contribution in [2.75, 3.05) is 51.3 Å². The van der Waals surface area contributed by atoms with Gasteiger partial charge in [0.2, 0.25) is 0 Å². The number of carbonyl (C=O) groups is 2. The molecule has 162 valence electrons. The number of fused-ring (bicyclic) bond motifs is 1. The van der Waals surface area contributed by atoms with Crippen molar-refractivity contribution < 1.29 is 14.3 Å². The molecule has 31 heavy (non-hydrogen) atoms. The van der Waals surface area contributed by atoms with Crippen LogP contribution in [-0.2, 0) is 4.79 Å². The van der Waals surface area contributed by atoms with Crippen LogP contribution in [0, 0.1) is 6.92 Å². The van der Waals surface area contributed by atoms with Crippen LogP contribution in [0.1, 0.15) is 16.1 Å². The molecular weight excluding hydrogens is 392 g/mol. The van der Waals surface area contributed by atoms with Gasteiger partial charge in [0.05, 0.1) is 12.7 Å². The van der Waals surface area contributed by atoms with Gasteiger partial charge in [-0.15, -0.1) is 0 Å². The molecule has 3 aromatic rings. The first kappa shape index (κ1) is 20.9. The van der Waals surface area contributed by atoms with E-state index in [0.717, 1.165) is 55.1 Å². The molecule has 7 heteroatoms. The van der Waals surface area contributed by atoms with Crippen LogP contribution in [0.25, 0.3) is 10.9 Å². The Bertz CT molecular complexity index is 1070. The lowest BCUT2D eigenvalue weighted by molar-refractivity contribution is -0.117. The van der Waals surface area contributed by atoms with Gasteiger partial charge in [-0.1, -0.05) is 18.2 Å². The SMILES string of the molecule is COc1ccc(N2CCN(CCNC(=O)C(=O)c3c(C)[nH]c4ccccc34)CC2)cc1. The monoisotopic (exact) mass is 420 g/mol. The lowest BCUT2D eigenvalue weighted by Gasteiger charge is -2.36. The van der Waals surface area contributed by atoms with Crippen molar-refractivity contribution in [2.24, 2.45) is 0 Å². The zero-order chi connectivity index (χ0) is 21.8. The number of aryl methyl sites for hydroxylation is 1. The fourth-order valence-electron chi connectivity index (χ4n) is 4.11. The summed E-state index contributed by atoms with van der Waals surface area (Å²) in [6, 6.07) is 15.6. The number of Topliss-reactive ketones (excluding diaryl/α,β-unsaturated/α-hetero) is 1. The smallest absolute Gasteiger partial charge is 0.292 e. The van der Waals surface area contributed by atoms with E-state index in [1.165, 1.54) is 5.69 Å². The summed E-state index contributed by atoms with van der Waals surface area (Å²) in [7, 11) is 1.67. The van der Waals surface area contributed by atoms with Crippen molar-refractivity contribution in [1.29, 1.82) is 0 Å². The van der Waals surface area contributed by atoms with E-state index in [2.05, 4.69) is 32.2 Å². The van der Waals surface area contributed by atoms with Gasteiger partial charge < -0.3 is 19.9 Å². The normalized spacial score (nSPS) is 14.6. The molecule has 0 radical (unpaired) electrons. The van der Waals surface area contributed by atoms with E-state index < -0.39 is 11.7 Å². The van der Waals surface area contributed by atoms with Gasteiger partial charge in [-0.3, -0.25) is 14.5 Å². The Kier molecular flexibility index (Phi) is 6.23. The first-order chi connectivity index (χ1) is 15.1. The zero-order valence-electron chi connectivity index (χ0n) is 18.0. The number of ketones is 1. The van der Waals surface area contributed by atoms with E-state index in [1.807, 2.05) is 43.3 Å². The van der Waals surface area contributed by atoms with E-state index >= 15 is 0 Å². The number of benzene rings is 2. The summed E-state index contributed by atoms with van der Waals surface area (Å²) < 4.78 is 5.22. The van der Waals surface area contributed by atoms with Crippen molar-refractivity contribution in [3.8, 4) is 5.75 Å². The molecule has 1 fully saturated rings. The molecule has 4 rings (SSSR count). The van der Waals surface area contributed by atoms with Crippen molar-refractivity contribution in [1.82, 2.24) is 15.2 Å². The molecule has 2 aromatic carbocycles. The van der Waals surface area contributed by atoms with Crippen molar-refractivity contribution in [3.63, 3.8) is 0 Å². The summed E-state index contributed by atoms with van der Waals surface area (Å²) in [5, 5.41) is 3.58. The summed E-state index contributed by atoms with van der Waals surface area (Å²) in [6.45, 7) is 6.68. The molecule has 1 aromatic heterocycles. The number of piperazine rings is 1. The van der Waals surface area contributed by atoms with Crippen molar-refractivity contribution in [3.05, 3.63) is 59.8 Å². The molecule has 1 aliphatic heterocycles. The van der Waals surface area contributed by atoms with Gasteiger partial charge in [-0.25, -0.2) is 0 Å². The Morgan fingerprint density at radius 1 is 1.03 bits per heavy atom. The van der Waals surface area contributed by atoms with Crippen molar-refractivity contribution in [2.45, 2.75) is 6.92 Å². The summed E-state index contributed by atoms with van der Waals surface area (Å²) in [4.78, 5) is 33.0. The van der Waals surface area contributed by atoms with Gasteiger partial charge in [0.25, 0.3) is 11.7 Å². The maximum Gasteiger partial charge on any atom is 0.292 e. The Balaban J connectivity index is 1.25. The molecule has 2 N–H and O–H groups in total. The van der Waals surface area contributed by atoms with E-state index in [1.54, 1.807) is 7.11 Å². The van der Waals surface area contributed by atoms with Crippen LogP contribution in [0.4, 0.5) is 5.69 Å². The second kappa shape index (κ2) is 9.22. The lowest BCUT2D eigenvalue weighted by Crippen LogP contribution is -2.48. The van der Waals surface area contributed by atoms with Gasteiger partial charge in [0, 0.05) is 61.6 Å². The van der Waals surface area contributed by atoms with Gasteiger partial charge in [0.1, 0.15) is 5.75 Å². The predicted octanol–water partition coefficient (Wildman–Crippen LogP) is 2.61. The number of carbonyl (C=O) groups excluding carboxylic acids is 2. The number of methoxy groups -OCH3 is 1. The highest BCUT2D eigenvalue weighted by atomic mass is 16.5. The number of aromatic nitrogens is 1. The third-order valence-electron chi connectivity index (χ3n) is 5.85. The Hall–Kier alpha value is -3.32. The molecule has 2 heterocycles. The third-order valence-corrected chi connectivity index (χ3v) is 5.85. The number of anilines is 1. The second-order valence-corrected chi connectivity index (χ2v) is 7.78. The lowest BCUT2D eigenvalue weighted by atomic mass is 10.1. The number of ether oxygens (including phenoxy) is 1. The average Bonchev–Trinajstić information content (AvgIpc) is 3.14. The molecule has 1 aliphatic rings. The van der Waals surface area contributed by atoms with E-state index in [4.69, 9.17) is 4.74 Å². The fraction of sp³-hybridized carbons (Fsp3) is 0.333. The molecule has 0 bridgehead atoms. The van der Waals surface area contributed by atoms with Gasteiger partial charge >= 0.3 is 0 Å². The number of hydrogen-bond acceptors (Lipinski definition) is 5.